The first-order valence-corrected chi connectivity index (χ1v) is 10.2. The molecule has 1 atom stereocenters. The van der Waals surface area contributed by atoms with Crippen LogP contribution in [-0.2, 0) is 14.4 Å². The summed E-state index contributed by atoms with van der Waals surface area (Å²) in [5.41, 5.74) is 2.67. The van der Waals surface area contributed by atoms with Crippen LogP contribution in [-0.4, -0.2) is 36.7 Å². The van der Waals surface area contributed by atoms with Gasteiger partial charge in [-0.1, -0.05) is 12.1 Å². The lowest BCUT2D eigenvalue weighted by atomic mass is 10.1. The molecular weight excluding hydrogens is 396 g/mol. The lowest BCUT2D eigenvalue weighted by molar-refractivity contribution is -0.121. The van der Waals surface area contributed by atoms with Gasteiger partial charge in [0.25, 0.3) is 5.91 Å². The van der Waals surface area contributed by atoms with Gasteiger partial charge < -0.3 is 20.9 Å². The average Bonchev–Trinajstić information content (AvgIpc) is 3.17. The Balaban J connectivity index is 1.50. The van der Waals surface area contributed by atoms with Crippen LogP contribution in [0.25, 0.3) is 0 Å². The highest BCUT2D eigenvalue weighted by molar-refractivity contribution is 5.98. The molecular formula is C23H26N4O4. The van der Waals surface area contributed by atoms with Crippen LogP contribution in [0.5, 0.6) is 0 Å². The lowest BCUT2D eigenvalue weighted by Gasteiger charge is -2.16. The molecule has 3 N–H and O–H groups in total. The van der Waals surface area contributed by atoms with Gasteiger partial charge >= 0.3 is 0 Å². The molecule has 0 bridgehead atoms. The summed E-state index contributed by atoms with van der Waals surface area (Å²) in [6.07, 6.45) is 1.39. The average molecular weight is 422 g/mol. The highest BCUT2D eigenvalue weighted by atomic mass is 16.2. The molecule has 0 saturated carbocycles. The summed E-state index contributed by atoms with van der Waals surface area (Å²) in [7, 11) is 0. The van der Waals surface area contributed by atoms with Gasteiger partial charge in [-0.2, -0.15) is 0 Å². The summed E-state index contributed by atoms with van der Waals surface area (Å²) < 4.78 is 0. The molecule has 1 aliphatic rings. The van der Waals surface area contributed by atoms with Crippen LogP contribution < -0.4 is 20.9 Å². The fourth-order valence-corrected chi connectivity index (χ4v) is 3.44. The van der Waals surface area contributed by atoms with Crippen LogP contribution in [0.3, 0.4) is 0 Å². The second-order valence-corrected chi connectivity index (χ2v) is 7.47. The molecule has 0 radical (unpaired) electrons. The molecule has 31 heavy (non-hydrogen) atoms. The minimum atomic E-state index is -0.366. The molecule has 2 aromatic rings. The van der Waals surface area contributed by atoms with Gasteiger partial charge in [-0.3, -0.25) is 19.2 Å². The third kappa shape index (κ3) is 5.91. The van der Waals surface area contributed by atoms with Crippen molar-refractivity contribution in [2.24, 2.45) is 0 Å². The zero-order chi connectivity index (χ0) is 22.4. The fraction of sp³-hybridized carbons (Fsp3) is 0.304. The lowest BCUT2D eigenvalue weighted by Crippen LogP contribution is -2.38. The van der Waals surface area contributed by atoms with Crippen molar-refractivity contribution >= 4 is 35.0 Å². The SMILES string of the molecule is CC(=O)Nc1cccc(C(C)NC(=O)CNC(=O)c2ccc(N3CCCC3=O)cc2)c1. The molecule has 0 spiro atoms. The number of nitrogens with zero attached hydrogens (tertiary/aromatic N) is 1. The maximum atomic E-state index is 12.3. The summed E-state index contributed by atoms with van der Waals surface area (Å²) in [5.74, 6) is -0.776. The molecule has 0 aliphatic carbocycles. The van der Waals surface area contributed by atoms with Crippen molar-refractivity contribution in [1.82, 2.24) is 10.6 Å². The number of amides is 4. The van der Waals surface area contributed by atoms with Gasteiger partial charge in [-0.25, -0.2) is 0 Å². The van der Waals surface area contributed by atoms with E-state index in [1.54, 1.807) is 47.4 Å². The zero-order valence-electron chi connectivity index (χ0n) is 17.6. The Labute approximate surface area is 181 Å². The Hall–Kier alpha value is -3.68. The van der Waals surface area contributed by atoms with E-state index >= 15 is 0 Å². The molecule has 8 heteroatoms. The van der Waals surface area contributed by atoms with Gasteiger partial charge in [-0.15, -0.1) is 0 Å². The van der Waals surface area contributed by atoms with E-state index in [9.17, 15) is 19.2 Å². The number of hydrogen-bond acceptors (Lipinski definition) is 4. The third-order valence-corrected chi connectivity index (χ3v) is 5.01. The van der Waals surface area contributed by atoms with Gasteiger partial charge in [0.2, 0.25) is 17.7 Å². The number of carbonyl (C=O) groups is 4. The van der Waals surface area contributed by atoms with Crippen LogP contribution in [0, 0.1) is 0 Å². The molecule has 8 nitrogen and oxygen atoms in total. The normalized spacial score (nSPS) is 14.1. The highest BCUT2D eigenvalue weighted by Crippen LogP contribution is 2.21. The molecule has 1 aliphatic heterocycles. The van der Waals surface area contributed by atoms with E-state index in [0.29, 0.717) is 24.2 Å². The van der Waals surface area contributed by atoms with Crippen molar-refractivity contribution in [3.63, 3.8) is 0 Å². The van der Waals surface area contributed by atoms with E-state index in [4.69, 9.17) is 0 Å². The van der Waals surface area contributed by atoms with Crippen LogP contribution in [0.2, 0.25) is 0 Å². The van der Waals surface area contributed by atoms with Crippen LogP contribution in [0.15, 0.2) is 48.5 Å². The van der Waals surface area contributed by atoms with E-state index in [0.717, 1.165) is 17.7 Å². The van der Waals surface area contributed by atoms with Crippen molar-refractivity contribution in [2.75, 3.05) is 23.3 Å². The highest BCUT2D eigenvalue weighted by Gasteiger charge is 2.21. The molecule has 4 amide bonds. The number of benzene rings is 2. The summed E-state index contributed by atoms with van der Waals surface area (Å²) >= 11 is 0. The largest absolute Gasteiger partial charge is 0.348 e. The predicted octanol–water partition coefficient (Wildman–Crippen LogP) is 2.38. The molecule has 1 heterocycles. The van der Waals surface area contributed by atoms with Gasteiger partial charge in [0.05, 0.1) is 12.6 Å². The van der Waals surface area contributed by atoms with Crippen LogP contribution in [0.1, 0.15) is 48.7 Å². The van der Waals surface area contributed by atoms with E-state index < -0.39 is 0 Å². The molecule has 162 valence electrons. The Kier molecular flexibility index (Phi) is 7.02. The summed E-state index contributed by atoms with van der Waals surface area (Å²) in [4.78, 5) is 49.3. The Morgan fingerprint density at radius 2 is 1.84 bits per heavy atom. The number of carbonyl (C=O) groups excluding carboxylic acids is 4. The number of nitrogens with one attached hydrogen (secondary N) is 3. The standard InChI is InChI=1S/C23H26N4O4/c1-15(18-5-3-6-19(13-18)26-16(2)28)25-21(29)14-24-23(31)17-8-10-20(11-9-17)27-12-4-7-22(27)30/h3,5-6,8-11,13,15H,4,7,12,14H2,1-2H3,(H,24,31)(H,25,29)(H,26,28). The summed E-state index contributed by atoms with van der Waals surface area (Å²) in [5, 5.41) is 8.13. The van der Waals surface area contributed by atoms with Crippen LogP contribution >= 0.6 is 0 Å². The minimum absolute atomic E-state index is 0.0885. The quantitative estimate of drug-likeness (QED) is 0.637. The molecule has 1 saturated heterocycles. The summed E-state index contributed by atoms with van der Waals surface area (Å²) in [6, 6.07) is 13.7. The first-order valence-electron chi connectivity index (χ1n) is 10.2. The first-order chi connectivity index (χ1) is 14.8. The predicted molar refractivity (Wildman–Crippen MR) is 118 cm³/mol. The van der Waals surface area contributed by atoms with E-state index in [1.165, 1.54) is 6.92 Å². The number of rotatable bonds is 7. The van der Waals surface area contributed by atoms with Gasteiger partial charge in [0.1, 0.15) is 0 Å². The maximum Gasteiger partial charge on any atom is 0.251 e. The monoisotopic (exact) mass is 422 g/mol. The molecule has 3 rings (SSSR count). The summed E-state index contributed by atoms with van der Waals surface area (Å²) in [6.45, 7) is 3.78. The van der Waals surface area contributed by atoms with Crippen LogP contribution in [0.4, 0.5) is 11.4 Å². The maximum absolute atomic E-state index is 12.3. The molecule has 1 fully saturated rings. The van der Waals surface area contributed by atoms with Crippen molar-refractivity contribution < 1.29 is 19.2 Å². The zero-order valence-corrected chi connectivity index (χ0v) is 17.6. The van der Waals surface area contributed by atoms with Crippen molar-refractivity contribution in [1.29, 1.82) is 0 Å². The van der Waals surface area contributed by atoms with E-state index in [2.05, 4.69) is 16.0 Å². The molecule has 2 aromatic carbocycles. The van der Waals surface area contributed by atoms with Crippen molar-refractivity contribution in [3.8, 4) is 0 Å². The Morgan fingerprint density at radius 1 is 1.10 bits per heavy atom. The van der Waals surface area contributed by atoms with Gasteiger partial charge in [-0.05, 0) is 55.3 Å². The fourth-order valence-electron chi connectivity index (χ4n) is 3.44. The topological polar surface area (TPSA) is 108 Å². The second kappa shape index (κ2) is 9.88. The minimum Gasteiger partial charge on any atom is -0.348 e. The van der Waals surface area contributed by atoms with E-state index in [1.807, 2.05) is 13.0 Å². The van der Waals surface area contributed by atoms with Crippen molar-refractivity contribution in [2.45, 2.75) is 32.7 Å². The van der Waals surface area contributed by atoms with E-state index in [-0.39, 0.29) is 36.2 Å². The first kappa shape index (κ1) is 22.0. The molecule has 1 unspecified atom stereocenters. The van der Waals surface area contributed by atoms with Gasteiger partial charge in [0, 0.05) is 36.8 Å². The number of hydrogen-bond donors (Lipinski definition) is 3. The second-order valence-electron chi connectivity index (χ2n) is 7.47. The smallest absolute Gasteiger partial charge is 0.251 e. The Bertz CT molecular complexity index is 987. The third-order valence-electron chi connectivity index (χ3n) is 5.01. The van der Waals surface area contributed by atoms with Gasteiger partial charge in [0.15, 0.2) is 0 Å². The van der Waals surface area contributed by atoms with Crippen molar-refractivity contribution in [3.05, 3.63) is 59.7 Å². The Morgan fingerprint density at radius 3 is 2.48 bits per heavy atom. The molecule has 0 aromatic heterocycles. The number of anilines is 2.